The van der Waals surface area contributed by atoms with Gasteiger partial charge in [0.25, 0.3) is 5.95 Å². The second-order valence-corrected chi connectivity index (χ2v) is 2.48. The molecular formula is C8H11NO3. The first-order chi connectivity index (χ1) is 5.70. The molecule has 4 heteroatoms. The van der Waals surface area contributed by atoms with E-state index in [0.29, 0.717) is 5.95 Å². The maximum atomic E-state index is 10.9. The molecule has 66 valence electrons. The predicted octanol–water partition coefficient (Wildman–Crippen LogP) is 0.575. The third-order valence-electron chi connectivity index (χ3n) is 1.36. The summed E-state index contributed by atoms with van der Waals surface area (Å²) in [6.07, 6.45) is 1.48. The zero-order valence-corrected chi connectivity index (χ0v) is 6.82. The molecule has 0 unspecified atom stereocenters. The summed E-state index contributed by atoms with van der Waals surface area (Å²) in [5.41, 5.74) is 5.32. The van der Waals surface area contributed by atoms with E-state index in [1.807, 2.05) is 0 Å². The molecule has 0 amide bonds. The number of hydrogen-bond acceptors (Lipinski definition) is 4. The van der Waals surface area contributed by atoms with Gasteiger partial charge in [0.1, 0.15) is 0 Å². The fourth-order valence-corrected chi connectivity index (χ4v) is 0.619. The van der Waals surface area contributed by atoms with Crippen LogP contribution in [-0.4, -0.2) is 18.4 Å². The Morgan fingerprint density at radius 1 is 1.83 bits per heavy atom. The summed E-state index contributed by atoms with van der Waals surface area (Å²) in [5, 5.41) is 0. The molecule has 0 aliphatic rings. The molecule has 12 heavy (non-hydrogen) atoms. The van der Waals surface area contributed by atoms with Gasteiger partial charge in [-0.1, -0.05) is 0 Å². The highest BCUT2D eigenvalue weighted by Crippen LogP contribution is 2.09. The Kier molecular flexibility index (Phi) is 2.88. The lowest BCUT2D eigenvalue weighted by atomic mass is 10.2. The van der Waals surface area contributed by atoms with Crippen LogP contribution in [0.4, 0.5) is 0 Å². The van der Waals surface area contributed by atoms with Crippen LogP contribution in [0.2, 0.25) is 0 Å². The van der Waals surface area contributed by atoms with E-state index < -0.39 is 6.04 Å². The largest absolute Gasteiger partial charge is 0.457 e. The van der Waals surface area contributed by atoms with Gasteiger partial charge in [-0.3, -0.25) is 4.79 Å². The van der Waals surface area contributed by atoms with E-state index in [1.54, 1.807) is 19.1 Å². The molecule has 0 bridgehead atoms. The minimum atomic E-state index is -0.486. The van der Waals surface area contributed by atoms with Gasteiger partial charge in [0.05, 0.1) is 12.3 Å². The second-order valence-electron chi connectivity index (χ2n) is 2.48. The number of carbonyl (C=O) groups excluding carboxylic acids is 1. The van der Waals surface area contributed by atoms with Crippen molar-refractivity contribution >= 4 is 5.78 Å². The summed E-state index contributed by atoms with van der Waals surface area (Å²) in [6.45, 7) is 1.58. The lowest BCUT2D eigenvalue weighted by Gasteiger charge is -2.03. The maximum Gasteiger partial charge on any atom is 0.284 e. The molecule has 2 N–H and O–H groups in total. The molecule has 0 aliphatic heterocycles. The monoisotopic (exact) mass is 169 g/mol. The summed E-state index contributed by atoms with van der Waals surface area (Å²) >= 11 is 0. The molecule has 4 nitrogen and oxygen atoms in total. The number of rotatable bonds is 4. The van der Waals surface area contributed by atoms with Crippen molar-refractivity contribution in [1.82, 2.24) is 0 Å². The number of furan rings is 1. The molecule has 0 aliphatic carbocycles. The van der Waals surface area contributed by atoms with Crippen LogP contribution in [0.1, 0.15) is 6.92 Å². The molecule has 1 aromatic heterocycles. The van der Waals surface area contributed by atoms with Gasteiger partial charge in [0.15, 0.2) is 12.4 Å². The van der Waals surface area contributed by atoms with Gasteiger partial charge < -0.3 is 14.9 Å². The van der Waals surface area contributed by atoms with Crippen molar-refractivity contribution in [3.63, 3.8) is 0 Å². The van der Waals surface area contributed by atoms with Crippen molar-refractivity contribution in [3.05, 3.63) is 18.4 Å². The average molecular weight is 169 g/mol. The minimum Gasteiger partial charge on any atom is -0.457 e. The number of nitrogens with two attached hydrogens (primary N) is 1. The number of hydrogen-bond donors (Lipinski definition) is 1. The maximum absolute atomic E-state index is 10.9. The second kappa shape index (κ2) is 3.92. The highest BCUT2D eigenvalue weighted by atomic mass is 16.6. The predicted molar refractivity (Wildman–Crippen MR) is 42.9 cm³/mol. The molecule has 0 saturated heterocycles. The fourth-order valence-electron chi connectivity index (χ4n) is 0.619. The lowest BCUT2D eigenvalue weighted by Crippen LogP contribution is -2.31. The van der Waals surface area contributed by atoms with Crippen LogP contribution in [-0.2, 0) is 4.79 Å². The highest BCUT2D eigenvalue weighted by molar-refractivity contribution is 5.84. The SMILES string of the molecule is C[C@H](N)C(=O)COc1ccco1. The third-order valence-corrected chi connectivity index (χ3v) is 1.36. The van der Waals surface area contributed by atoms with E-state index in [9.17, 15) is 4.79 Å². The van der Waals surface area contributed by atoms with E-state index in [0.717, 1.165) is 0 Å². The zero-order chi connectivity index (χ0) is 8.97. The topological polar surface area (TPSA) is 65.5 Å². The molecule has 0 fully saturated rings. The summed E-state index contributed by atoms with van der Waals surface area (Å²) in [4.78, 5) is 10.9. The molecule has 1 heterocycles. The van der Waals surface area contributed by atoms with Crippen LogP contribution in [0.3, 0.4) is 0 Å². The lowest BCUT2D eigenvalue weighted by molar-refractivity contribution is -0.122. The van der Waals surface area contributed by atoms with Crippen molar-refractivity contribution in [2.45, 2.75) is 13.0 Å². The van der Waals surface area contributed by atoms with Gasteiger partial charge in [0.2, 0.25) is 0 Å². The number of carbonyl (C=O) groups is 1. The molecule has 0 spiro atoms. The summed E-state index contributed by atoms with van der Waals surface area (Å²) in [7, 11) is 0. The fraction of sp³-hybridized carbons (Fsp3) is 0.375. The number of Topliss-reactive ketones (excluding diaryl/α,β-unsaturated/α-hetero) is 1. The van der Waals surface area contributed by atoms with Crippen molar-refractivity contribution in [2.24, 2.45) is 5.73 Å². The van der Waals surface area contributed by atoms with E-state index in [2.05, 4.69) is 0 Å². The molecule has 1 aromatic rings. The normalized spacial score (nSPS) is 12.5. The van der Waals surface area contributed by atoms with Gasteiger partial charge in [-0.05, 0) is 13.0 Å². The van der Waals surface area contributed by atoms with Gasteiger partial charge in [0, 0.05) is 6.07 Å². The van der Waals surface area contributed by atoms with Gasteiger partial charge in [-0.15, -0.1) is 0 Å². The number of ketones is 1. The van der Waals surface area contributed by atoms with E-state index in [4.69, 9.17) is 14.9 Å². The molecule has 0 saturated carbocycles. The van der Waals surface area contributed by atoms with Gasteiger partial charge in [-0.25, -0.2) is 0 Å². The standard InChI is InChI=1S/C8H11NO3/c1-6(9)7(10)5-12-8-3-2-4-11-8/h2-4,6H,5,9H2,1H3/t6-/m0/s1. The Balaban J connectivity index is 2.32. The van der Waals surface area contributed by atoms with Crippen LogP contribution < -0.4 is 10.5 Å². The van der Waals surface area contributed by atoms with Crippen LogP contribution >= 0.6 is 0 Å². The van der Waals surface area contributed by atoms with Crippen molar-refractivity contribution < 1.29 is 13.9 Å². The first-order valence-electron chi connectivity index (χ1n) is 3.65. The van der Waals surface area contributed by atoms with Crippen LogP contribution in [0, 0.1) is 0 Å². The minimum absolute atomic E-state index is 0.0365. The first-order valence-corrected chi connectivity index (χ1v) is 3.65. The van der Waals surface area contributed by atoms with E-state index >= 15 is 0 Å². The molecule has 1 atom stereocenters. The Bertz CT molecular complexity index is 241. The van der Waals surface area contributed by atoms with Crippen LogP contribution in [0.25, 0.3) is 0 Å². The van der Waals surface area contributed by atoms with Crippen molar-refractivity contribution in [3.8, 4) is 5.95 Å². The summed E-state index contributed by atoms with van der Waals surface area (Å²) < 4.78 is 9.82. The summed E-state index contributed by atoms with van der Waals surface area (Å²) in [5.74, 6) is 0.190. The van der Waals surface area contributed by atoms with Crippen molar-refractivity contribution in [1.29, 1.82) is 0 Å². The average Bonchev–Trinajstić information content (AvgIpc) is 2.51. The van der Waals surface area contributed by atoms with Crippen LogP contribution in [0.5, 0.6) is 5.95 Å². The Hall–Kier alpha value is -1.29. The van der Waals surface area contributed by atoms with Gasteiger partial charge >= 0.3 is 0 Å². The summed E-state index contributed by atoms with van der Waals surface area (Å²) in [6, 6.07) is 2.83. The number of ether oxygens (including phenoxy) is 1. The molecule has 1 rings (SSSR count). The molecular weight excluding hydrogens is 158 g/mol. The molecule has 0 radical (unpaired) electrons. The van der Waals surface area contributed by atoms with Crippen molar-refractivity contribution in [2.75, 3.05) is 6.61 Å². The van der Waals surface area contributed by atoms with Crippen LogP contribution in [0.15, 0.2) is 22.8 Å². The quantitative estimate of drug-likeness (QED) is 0.715. The Morgan fingerprint density at radius 2 is 2.58 bits per heavy atom. The smallest absolute Gasteiger partial charge is 0.284 e. The molecule has 0 aromatic carbocycles. The Labute approximate surface area is 70.3 Å². The van der Waals surface area contributed by atoms with E-state index in [-0.39, 0.29) is 12.4 Å². The Morgan fingerprint density at radius 3 is 3.08 bits per heavy atom. The van der Waals surface area contributed by atoms with E-state index in [1.165, 1.54) is 6.26 Å². The highest BCUT2D eigenvalue weighted by Gasteiger charge is 2.08. The van der Waals surface area contributed by atoms with Gasteiger partial charge in [-0.2, -0.15) is 0 Å². The first kappa shape index (κ1) is 8.80. The third kappa shape index (κ3) is 2.39. The zero-order valence-electron chi connectivity index (χ0n) is 6.82.